The van der Waals surface area contributed by atoms with E-state index in [-0.39, 0.29) is 11.3 Å². The van der Waals surface area contributed by atoms with Crippen molar-refractivity contribution in [1.29, 1.82) is 0 Å². The molecule has 0 aliphatic heterocycles. The fraction of sp³-hybridized carbons (Fsp3) is 0. The Labute approximate surface area is 208 Å². The predicted octanol–water partition coefficient (Wildman–Crippen LogP) is 8.53. The maximum Gasteiger partial charge on any atom is 0.259 e. The summed E-state index contributed by atoms with van der Waals surface area (Å²) in [6.07, 6.45) is 0. The van der Waals surface area contributed by atoms with E-state index in [9.17, 15) is 9.90 Å². The van der Waals surface area contributed by atoms with Gasteiger partial charge in [-0.15, -0.1) is 0 Å². The molecule has 0 heterocycles. The molecule has 0 fully saturated rings. The molecular weight excluding hydrogens is 613 g/mol. The van der Waals surface area contributed by atoms with Crippen LogP contribution in [0.4, 0.5) is 5.69 Å². The number of hydrogen-bond donors (Lipinski definition) is 2. The van der Waals surface area contributed by atoms with Crippen molar-refractivity contribution in [3.8, 4) is 17.2 Å². The molecule has 8 heteroatoms. The molecular formula is C23H13Br3ClNO3. The van der Waals surface area contributed by atoms with Crippen LogP contribution in [-0.4, -0.2) is 11.0 Å². The first-order valence-electron chi connectivity index (χ1n) is 8.97. The smallest absolute Gasteiger partial charge is 0.259 e. The molecule has 0 saturated heterocycles. The van der Waals surface area contributed by atoms with E-state index in [4.69, 9.17) is 16.3 Å². The number of aromatic hydroxyl groups is 1. The van der Waals surface area contributed by atoms with Crippen LogP contribution >= 0.6 is 59.4 Å². The Morgan fingerprint density at radius 2 is 1.68 bits per heavy atom. The molecule has 0 saturated carbocycles. The number of phenolic OH excluding ortho intramolecular Hbond substituents is 1. The number of hydrogen-bond acceptors (Lipinski definition) is 3. The van der Waals surface area contributed by atoms with Gasteiger partial charge in [0.25, 0.3) is 5.91 Å². The topological polar surface area (TPSA) is 58.6 Å². The van der Waals surface area contributed by atoms with E-state index in [2.05, 4.69) is 53.1 Å². The number of phenols is 1. The minimum absolute atomic E-state index is 0.123. The number of halogens is 4. The molecule has 4 aromatic carbocycles. The number of anilines is 1. The van der Waals surface area contributed by atoms with Crippen LogP contribution in [0, 0.1) is 0 Å². The second kappa shape index (κ2) is 9.20. The number of ether oxygens (including phenoxy) is 1. The van der Waals surface area contributed by atoms with Crippen molar-refractivity contribution in [2.45, 2.75) is 0 Å². The fourth-order valence-corrected chi connectivity index (χ4v) is 5.03. The van der Waals surface area contributed by atoms with Gasteiger partial charge in [0.2, 0.25) is 0 Å². The zero-order valence-corrected chi connectivity index (χ0v) is 21.1. The quantitative estimate of drug-likeness (QED) is 0.239. The second-order valence-corrected chi connectivity index (χ2v) is 9.55. The van der Waals surface area contributed by atoms with E-state index in [1.807, 2.05) is 36.4 Å². The van der Waals surface area contributed by atoms with Crippen molar-refractivity contribution in [2.24, 2.45) is 0 Å². The standard InChI is InChI=1S/C23H13Br3ClNO3/c24-13-9-16(22(29)17(25)10-13)23(30)28-14-6-8-19(18(27)11-14)31-20-7-5-12-3-1-2-4-15(12)21(20)26/h1-11,29H,(H,28,30). The number of carbonyl (C=O) groups is 1. The van der Waals surface area contributed by atoms with Gasteiger partial charge in [0.15, 0.2) is 0 Å². The molecule has 156 valence electrons. The van der Waals surface area contributed by atoms with E-state index in [1.165, 1.54) is 6.07 Å². The number of fused-ring (bicyclic) bond motifs is 1. The van der Waals surface area contributed by atoms with Gasteiger partial charge in [0.1, 0.15) is 17.2 Å². The summed E-state index contributed by atoms with van der Waals surface area (Å²) >= 11 is 16.5. The van der Waals surface area contributed by atoms with Crippen LogP contribution < -0.4 is 10.1 Å². The lowest BCUT2D eigenvalue weighted by atomic mass is 10.1. The lowest BCUT2D eigenvalue weighted by Crippen LogP contribution is -2.12. The van der Waals surface area contributed by atoms with Crippen molar-refractivity contribution in [2.75, 3.05) is 5.32 Å². The van der Waals surface area contributed by atoms with Crippen LogP contribution in [0.2, 0.25) is 5.02 Å². The molecule has 4 aromatic rings. The molecule has 1 amide bonds. The average molecular weight is 627 g/mol. The van der Waals surface area contributed by atoms with Crippen LogP contribution in [-0.2, 0) is 0 Å². The molecule has 0 atom stereocenters. The van der Waals surface area contributed by atoms with Gasteiger partial charge in [0.05, 0.1) is 19.5 Å². The molecule has 0 spiro atoms. The summed E-state index contributed by atoms with van der Waals surface area (Å²) in [5.41, 5.74) is 0.591. The Hall–Kier alpha value is -2.06. The van der Waals surface area contributed by atoms with Gasteiger partial charge in [-0.05, 0) is 79.0 Å². The Bertz CT molecular complexity index is 1330. The van der Waals surface area contributed by atoms with E-state index >= 15 is 0 Å². The number of benzene rings is 4. The Morgan fingerprint density at radius 3 is 2.45 bits per heavy atom. The highest BCUT2D eigenvalue weighted by Gasteiger charge is 2.16. The summed E-state index contributed by atoms with van der Waals surface area (Å²) in [6, 6.07) is 19.9. The highest BCUT2D eigenvalue weighted by atomic mass is 79.9. The third-order valence-corrected chi connectivity index (χ3v) is 6.69. The SMILES string of the molecule is O=C(Nc1ccc(Oc2ccc3ccccc3c2Br)c(Cl)c1)c1cc(Br)cc(Br)c1O. The molecule has 4 nitrogen and oxygen atoms in total. The number of nitrogens with one attached hydrogen (secondary N) is 1. The van der Waals surface area contributed by atoms with Crippen molar-refractivity contribution in [1.82, 2.24) is 0 Å². The Morgan fingerprint density at radius 1 is 0.935 bits per heavy atom. The molecule has 0 aromatic heterocycles. The first kappa shape index (κ1) is 22.1. The number of amides is 1. The van der Waals surface area contributed by atoms with Gasteiger partial charge in [-0.2, -0.15) is 0 Å². The molecule has 0 aliphatic carbocycles. The van der Waals surface area contributed by atoms with Gasteiger partial charge in [-0.3, -0.25) is 4.79 Å². The highest BCUT2D eigenvalue weighted by molar-refractivity contribution is 9.11. The van der Waals surface area contributed by atoms with Gasteiger partial charge in [0, 0.05) is 10.2 Å². The van der Waals surface area contributed by atoms with E-state index in [0.717, 1.165) is 15.2 Å². The number of rotatable bonds is 4. The van der Waals surface area contributed by atoms with Crippen molar-refractivity contribution in [3.63, 3.8) is 0 Å². The van der Waals surface area contributed by atoms with E-state index < -0.39 is 5.91 Å². The summed E-state index contributed by atoms with van der Waals surface area (Å²) in [7, 11) is 0. The third-order valence-electron chi connectivity index (χ3n) is 4.51. The normalized spacial score (nSPS) is 10.8. The summed E-state index contributed by atoms with van der Waals surface area (Å²) in [5.74, 6) is 0.458. The average Bonchev–Trinajstić information content (AvgIpc) is 2.74. The first-order chi connectivity index (χ1) is 14.8. The monoisotopic (exact) mass is 623 g/mol. The van der Waals surface area contributed by atoms with Gasteiger partial charge < -0.3 is 15.2 Å². The highest BCUT2D eigenvalue weighted by Crippen LogP contribution is 2.39. The van der Waals surface area contributed by atoms with Crippen molar-refractivity contribution in [3.05, 3.63) is 90.7 Å². The lowest BCUT2D eigenvalue weighted by Gasteiger charge is -2.13. The molecule has 4 rings (SSSR count). The molecule has 0 radical (unpaired) electrons. The van der Waals surface area contributed by atoms with Crippen LogP contribution in [0.5, 0.6) is 17.2 Å². The maximum absolute atomic E-state index is 12.6. The van der Waals surface area contributed by atoms with Gasteiger partial charge in [-0.1, -0.05) is 57.9 Å². The van der Waals surface area contributed by atoms with Crippen molar-refractivity contribution >= 4 is 81.8 Å². The zero-order chi connectivity index (χ0) is 22.1. The molecule has 0 bridgehead atoms. The summed E-state index contributed by atoms with van der Waals surface area (Å²) in [4.78, 5) is 12.6. The summed E-state index contributed by atoms with van der Waals surface area (Å²) in [6.45, 7) is 0. The summed E-state index contributed by atoms with van der Waals surface area (Å²) < 4.78 is 7.90. The molecule has 0 aliphatic rings. The van der Waals surface area contributed by atoms with Crippen LogP contribution in [0.15, 0.2) is 80.1 Å². The first-order valence-corrected chi connectivity index (χ1v) is 11.7. The zero-order valence-electron chi connectivity index (χ0n) is 15.6. The fourth-order valence-electron chi connectivity index (χ4n) is 3.01. The summed E-state index contributed by atoms with van der Waals surface area (Å²) in [5, 5.41) is 15.3. The van der Waals surface area contributed by atoms with E-state index in [1.54, 1.807) is 24.3 Å². The molecule has 2 N–H and O–H groups in total. The van der Waals surface area contributed by atoms with Crippen LogP contribution in [0.25, 0.3) is 10.8 Å². The second-order valence-electron chi connectivity index (χ2n) is 6.58. The minimum atomic E-state index is -0.471. The van der Waals surface area contributed by atoms with Gasteiger partial charge >= 0.3 is 0 Å². The van der Waals surface area contributed by atoms with Crippen LogP contribution in [0.3, 0.4) is 0 Å². The van der Waals surface area contributed by atoms with Crippen LogP contribution in [0.1, 0.15) is 10.4 Å². The largest absolute Gasteiger partial charge is 0.506 e. The molecule has 31 heavy (non-hydrogen) atoms. The predicted molar refractivity (Wildman–Crippen MR) is 135 cm³/mol. The Balaban J connectivity index is 1.56. The van der Waals surface area contributed by atoms with Gasteiger partial charge in [-0.25, -0.2) is 0 Å². The maximum atomic E-state index is 12.6. The van der Waals surface area contributed by atoms with E-state index in [0.29, 0.717) is 31.2 Å². The van der Waals surface area contributed by atoms with Crippen molar-refractivity contribution < 1.29 is 14.6 Å². The number of carbonyl (C=O) groups excluding carboxylic acids is 1. The minimum Gasteiger partial charge on any atom is -0.506 e. The molecule has 0 unspecified atom stereocenters. The Kier molecular flexibility index (Phi) is 6.57. The lowest BCUT2D eigenvalue weighted by molar-refractivity contribution is 0.102. The third kappa shape index (κ3) is 4.75.